The highest BCUT2D eigenvalue weighted by Gasteiger charge is 2.24. The fourth-order valence-electron chi connectivity index (χ4n) is 3.77. The van der Waals surface area contributed by atoms with E-state index in [0.717, 1.165) is 42.4 Å². The van der Waals surface area contributed by atoms with E-state index >= 15 is 0 Å². The minimum absolute atomic E-state index is 0.0391. The van der Waals surface area contributed by atoms with Gasteiger partial charge in [0.15, 0.2) is 0 Å². The van der Waals surface area contributed by atoms with Crippen LogP contribution in [-0.2, 0) is 11.8 Å². The van der Waals surface area contributed by atoms with Crippen LogP contribution in [0.25, 0.3) is 6.08 Å². The van der Waals surface area contributed by atoms with Crippen LogP contribution in [0.4, 0.5) is 11.6 Å². The summed E-state index contributed by atoms with van der Waals surface area (Å²) in [4.78, 5) is 23.5. The van der Waals surface area contributed by atoms with E-state index in [1.807, 2.05) is 61.5 Å². The van der Waals surface area contributed by atoms with Crippen LogP contribution in [0, 0.1) is 6.92 Å². The molecule has 1 saturated heterocycles. The molecule has 154 valence electrons. The third-order valence-electron chi connectivity index (χ3n) is 5.39. The average molecular weight is 403 g/mol. The van der Waals surface area contributed by atoms with E-state index < -0.39 is 0 Å². The molecule has 0 spiro atoms. The van der Waals surface area contributed by atoms with Gasteiger partial charge in [-0.2, -0.15) is 5.10 Å². The van der Waals surface area contributed by atoms with Crippen molar-refractivity contribution in [3.63, 3.8) is 0 Å². The van der Waals surface area contributed by atoms with Crippen molar-refractivity contribution in [2.45, 2.75) is 25.7 Å². The van der Waals surface area contributed by atoms with Crippen LogP contribution in [-0.4, -0.2) is 43.6 Å². The van der Waals surface area contributed by atoms with Gasteiger partial charge in [-0.15, -0.1) is 0 Å². The molecule has 0 radical (unpaired) electrons. The fourth-order valence-corrected chi connectivity index (χ4v) is 3.77. The van der Waals surface area contributed by atoms with Gasteiger partial charge in [0.05, 0.1) is 5.69 Å². The van der Waals surface area contributed by atoms with Gasteiger partial charge in [0.1, 0.15) is 11.6 Å². The number of pyridine rings is 2. The molecular weight excluding hydrogens is 376 g/mol. The molecule has 3 aromatic rings. The van der Waals surface area contributed by atoms with Crippen LogP contribution in [0.3, 0.4) is 0 Å². The largest absolute Gasteiger partial charge is 0.339 e. The molecule has 4 rings (SSSR count). The van der Waals surface area contributed by atoms with Crippen molar-refractivity contribution in [2.75, 3.05) is 18.4 Å². The topological polar surface area (TPSA) is 75.9 Å². The summed E-state index contributed by atoms with van der Waals surface area (Å²) in [6.45, 7) is 3.46. The second kappa shape index (κ2) is 8.90. The highest BCUT2D eigenvalue weighted by Crippen LogP contribution is 2.28. The van der Waals surface area contributed by atoms with Crippen molar-refractivity contribution >= 4 is 23.6 Å². The van der Waals surface area contributed by atoms with Crippen molar-refractivity contribution in [1.82, 2.24) is 24.6 Å². The first-order valence-electron chi connectivity index (χ1n) is 10.2. The Morgan fingerprint density at radius 3 is 2.90 bits per heavy atom. The number of piperidine rings is 1. The monoisotopic (exact) mass is 402 g/mol. The minimum Gasteiger partial charge on any atom is -0.339 e. The molecule has 7 heteroatoms. The number of hydrogen-bond acceptors (Lipinski definition) is 5. The van der Waals surface area contributed by atoms with Crippen LogP contribution >= 0.6 is 0 Å². The SMILES string of the molecule is Cc1cccc(Nc2cc([C@@H]3CCCN(C(=O)/C=C/c4ccnn4C)C3)ccn2)n1. The number of nitrogens with zero attached hydrogens (tertiary/aromatic N) is 5. The normalized spacial score (nSPS) is 16.7. The van der Waals surface area contributed by atoms with Crippen molar-refractivity contribution in [3.8, 4) is 0 Å². The Kier molecular flexibility index (Phi) is 5.88. The zero-order valence-electron chi connectivity index (χ0n) is 17.3. The summed E-state index contributed by atoms with van der Waals surface area (Å²) < 4.78 is 1.75. The van der Waals surface area contributed by atoms with Crippen LogP contribution < -0.4 is 5.32 Å². The quantitative estimate of drug-likeness (QED) is 0.659. The average Bonchev–Trinajstić information content (AvgIpc) is 3.17. The summed E-state index contributed by atoms with van der Waals surface area (Å²) in [6, 6.07) is 11.9. The molecule has 1 amide bonds. The van der Waals surface area contributed by atoms with Gasteiger partial charge < -0.3 is 10.2 Å². The third kappa shape index (κ3) is 4.74. The van der Waals surface area contributed by atoms with Gasteiger partial charge in [0, 0.05) is 50.2 Å². The number of carbonyl (C=O) groups is 1. The summed E-state index contributed by atoms with van der Waals surface area (Å²) in [6.07, 6.45) is 9.05. The standard InChI is InChI=1S/C23H26N6O/c1-17-5-3-7-21(26-17)27-22-15-18(10-12-24-22)19-6-4-14-29(16-19)23(30)9-8-20-11-13-25-28(20)2/h3,5,7-13,15,19H,4,6,14,16H2,1-2H3,(H,24,26,27)/b9-8+/t19-/m1/s1. The van der Waals surface area contributed by atoms with Crippen LogP contribution in [0.1, 0.15) is 35.7 Å². The fraction of sp³-hybridized carbons (Fsp3) is 0.304. The van der Waals surface area contributed by atoms with E-state index in [2.05, 4.69) is 26.4 Å². The van der Waals surface area contributed by atoms with Crippen molar-refractivity contribution < 1.29 is 4.79 Å². The Bertz CT molecular complexity index is 1060. The molecule has 7 nitrogen and oxygen atoms in total. The summed E-state index contributed by atoms with van der Waals surface area (Å²) >= 11 is 0. The maximum atomic E-state index is 12.7. The molecule has 0 bridgehead atoms. The minimum atomic E-state index is 0.0391. The van der Waals surface area contributed by atoms with Gasteiger partial charge in [-0.05, 0) is 61.7 Å². The van der Waals surface area contributed by atoms with Gasteiger partial charge in [-0.1, -0.05) is 6.07 Å². The summed E-state index contributed by atoms with van der Waals surface area (Å²) in [5.74, 6) is 1.88. The zero-order chi connectivity index (χ0) is 20.9. The first kappa shape index (κ1) is 19.8. The Hall–Kier alpha value is -3.48. The number of rotatable bonds is 5. The van der Waals surface area contributed by atoms with Gasteiger partial charge in [-0.25, -0.2) is 9.97 Å². The molecule has 0 aromatic carbocycles. The van der Waals surface area contributed by atoms with Gasteiger partial charge in [-0.3, -0.25) is 9.48 Å². The number of aromatic nitrogens is 4. The van der Waals surface area contributed by atoms with Crippen LogP contribution in [0.2, 0.25) is 0 Å². The first-order valence-corrected chi connectivity index (χ1v) is 10.2. The predicted octanol–water partition coefficient (Wildman–Crippen LogP) is 3.68. The maximum Gasteiger partial charge on any atom is 0.246 e. The molecule has 1 aliphatic heterocycles. The summed E-state index contributed by atoms with van der Waals surface area (Å²) in [7, 11) is 1.86. The molecule has 0 saturated carbocycles. The van der Waals surface area contributed by atoms with Gasteiger partial charge in [0.2, 0.25) is 5.91 Å². The molecule has 1 fully saturated rings. The Labute approximate surface area is 176 Å². The number of carbonyl (C=O) groups excluding carboxylic acids is 1. The molecular formula is C23H26N6O. The van der Waals surface area contributed by atoms with E-state index in [1.165, 1.54) is 5.56 Å². The Morgan fingerprint density at radius 2 is 2.10 bits per heavy atom. The lowest BCUT2D eigenvalue weighted by atomic mass is 9.91. The van der Waals surface area contributed by atoms with Crippen molar-refractivity contribution in [2.24, 2.45) is 7.05 Å². The maximum absolute atomic E-state index is 12.7. The molecule has 1 aliphatic rings. The summed E-state index contributed by atoms with van der Waals surface area (Å²) in [5.41, 5.74) is 3.05. The highest BCUT2D eigenvalue weighted by molar-refractivity contribution is 5.91. The molecule has 0 aliphatic carbocycles. The van der Waals surface area contributed by atoms with Gasteiger partial charge >= 0.3 is 0 Å². The number of amides is 1. The van der Waals surface area contributed by atoms with Crippen molar-refractivity contribution in [1.29, 1.82) is 0 Å². The lowest BCUT2D eigenvalue weighted by molar-refractivity contribution is -0.127. The van der Waals surface area contributed by atoms with E-state index in [-0.39, 0.29) is 5.91 Å². The Morgan fingerprint density at radius 1 is 1.20 bits per heavy atom. The third-order valence-corrected chi connectivity index (χ3v) is 5.39. The van der Waals surface area contributed by atoms with E-state index in [1.54, 1.807) is 17.0 Å². The number of anilines is 2. The second-order valence-corrected chi connectivity index (χ2v) is 7.60. The molecule has 1 N–H and O–H groups in total. The molecule has 1 atom stereocenters. The number of hydrogen-bond donors (Lipinski definition) is 1. The lowest BCUT2D eigenvalue weighted by Crippen LogP contribution is -2.38. The van der Waals surface area contributed by atoms with E-state index in [4.69, 9.17) is 0 Å². The molecule has 30 heavy (non-hydrogen) atoms. The first-order chi connectivity index (χ1) is 14.6. The lowest BCUT2D eigenvalue weighted by Gasteiger charge is -2.32. The highest BCUT2D eigenvalue weighted by atomic mass is 16.2. The number of likely N-dealkylation sites (tertiary alicyclic amines) is 1. The van der Waals surface area contributed by atoms with E-state index in [9.17, 15) is 4.79 Å². The smallest absolute Gasteiger partial charge is 0.246 e. The number of nitrogens with one attached hydrogen (secondary N) is 1. The number of aryl methyl sites for hydroxylation is 2. The Balaban J connectivity index is 1.43. The van der Waals surface area contributed by atoms with Crippen LogP contribution in [0.5, 0.6) is 0 Å². The zero-order valence-corrected chi connectivity index (χ0v) is 17.3. The predicted molar refractivity (Wildman–Crippen MR) is 117 cm³/mol. The molecule has 0 unspecified atom stereocenters. The van der Waals surface area contributed by atoms with E-state index in [0.29, 0.717) is 12.5 Å². The summed E-state index contributed by atoms with van der Waals surface area (Å²) in [5, 5.41) is 7.40. The van der Waals surface area contributed by atoms with Crippen LogP contribution in [0.15, 0.2) is 54.9 Å². The van der Waals surface area contributed by atoms with Crippen molar-refractivity contribution in [3.05, 3.63) is 71.8 Å². The second-order valence-electron chi connectivity index (χ2n) is 7.60. The molecule has 3 aromatic heterocycles. The molecule has 4 heterocycles. The van der Waals surface area contributed by atoms with Gasteiger partial charge in [0.25, 0.3) is 0 Å².